The summed E-state index contributed by atoms with van der Waals surface area (Å²) in [7, 11) is 0. The van der Waals surface area contributed by atoms with Crippen molar-refractivity contribution in [2.24, 2.45) is 0 Å². The molecule has 1 aromatic rings. The number of amides is 1. The van der Waals surface area contributed by atoms with E-state index in [1.807, 2.05) is 32.6 Å². The standard InChI is InChI=1S/C17H27FN2O2/c1-6-20(11-16(22)19-17(3,4)5)10-15(21)14-8-7-13(18)9-12(14)2/h7-9,15,21H,6,10-11H2,1-5H3,(H,19,22). The molecule has 124 valence electrons. The van der Waals surface area contributed by atoms with Crippen molar-refractivity contribution in [3.63, 3.8) is 0 Å². The largest absolute Gasteiger partial charge is 0.387 e. The summed E-state index contributed by atoms with van der Waals surface area (Å²) in [5.74, 6) is -0.386. The lowest BCUT2D eigenvalue weighted by Crippen LogP contribution is -2.46. The van der Waals surface area contributed by atoms with Crippen LogP contribution in [0.4, 0.5) is 4.39 Å². The lowest BCUT2D eigenvalue weighted by Gasteiger charge is -2.26. The summed E-state index contributed by atoms with van der Waals surface area (Å²) in [6.45, 7) is 10.7. The number of nitrogens with one attached hydrogen (secondary N) is 1. The fourth-order valence-corrected chi connectivity index (χ4v) is 2.32. The van der Waals surface area contributed by atoms with Crippen LogP contribution in [0, 0.1) is 12.7 Å². The van der Waals surface area contributed by atoms with Gasteiger partial charge in [-0.1, -0.05) is 13.0 Å². The maximum Gasteiger partial charge on any atom is 0.234 e. The van der Waals surface area contributed by atoms with Crippen molar-refractivity contribution in [3.8, 4) is 0 Å². The first-order valence-corrected chi connectivity index (χ1v) is 7.60. The summed E-state index contributed by atoms with van der Waals surface area (Å²) >= 11 is 0. The van der Waals surface area contributed by atoms with E-state index in [0.717, 1.165) is 0 Å². The summed E-state index contributed by atoms with van der Waals surface area (Å²) in [5.41, 5.74) is 1.13. The molecule has 1 unspecified atom stereocenters. The number of halogens is 1. The van der Waals surface area contributed by atoms with E-state index in [2.05, 4.69) is 5.32 Å². The Morgan fingerprint density at radius 1 is 1.41 bits per heavy atom. The Morgan fingerprint density at radius 3 is 2.55 bits per heavy atom. The van der Waals surface area contributed by atoms with E-state index in [4.69, 9.17) is 0 Å². The van der Waals surface area contributed by atoms with Crippen LogP contribution in [0.1, 0.15) is 44.9 Å². The number of aliphatic hydroxyl groups excluding tert-OH is 1. The van der Waals surface area contributed by atoms with Crippen LogP contribution in [0.3, 0.4) is 0 Å². The van der Waals surface area contributed by atoms with Crippen LogP contribution in [0.15, 0.2) is 18.2 Å². The number of aryl methyl sites for hydroxylation is 1. The van der Waals surface area contributed by atoms with Crippen molar-refractivity contribution in [3.05, 3.63) is 35.1 Å². The van der Waals surface area contributed by atoms with Crippen LogP contribution in [0.25, 0.3) is 0 Å². The molecule has 0 aliphatic heterocycles. The molecule has 0 saturated carbocycles. The van der Waals surface area contributed by atoms with Crippen LogP contribution in [-0.2, 0) is 4.79 Å². The molecule has 0 heterocycles. The third kappa shape index (κ3) is 6.12. The minimum Gasteiger partial charge on any atom is -0.387 e. The third-order valence-electron chi connectivity index (χ3n) is 3.35. The number of likely N-dealkylation sites (N-methyl/N-ethyl adjacent to an activating group) is 1. The average Bonchev–Trinajstić information content (AvgIpc) is 2.35. The average molecular weight is 310 g/mol. The van der Waals surface area contributed by atoms with E-state index in [0.29, 0.717) is 24.2 Å². The summed E-state index contributed by atoms with van der Waals surface area (Å²) in [6, 6.07) is 4.34. The molecule has 0 spiro atoms. The molecule has 1 rings (SSSR count). The monoisotopic (exact) mass is 310 g/mol. The smallest absolute Gasteiger partial charge is 0.234 e. The predicted molar refractivity (Wildman–Crippen MR) is 86.1 cm³/mol. The van der Waals surface area contributed by atoms with Gasteiger partial charge in [-0.3, -0.25) is 9.69 Å². The van der Waals surface area contributed by atoms with Gasteiger partial charge in [0.15, 0.2) is 0 Å². The highest BCUT2D eigenvalue weighted by atomic mass is 19.1. The van der Waals surface area contributed by atoms with Gasteiger partial charge in [-0.2, -0.15) is 0 Å². The summed E-state index contributed by atoms with van der Waals surface area (Å²) < 4.78 is 13.1. The van der Waals surface area contributed by atoms with Gasteiger partial charge in [-0.15, -0.1) is 0 Å². The zero-order chi connectivity index (χ0) is 16.9. The number of carbonyl (C=O) groups is 1. The Hall–Kier alpha value is -1.46. The number of hydrogen-bond acceptors (Lipinski definition) is 3. The number of nitrogens with zero attached hydrogens (tertiary/aromatic N) is 1. The van der Waals surface area contributed by atoms with Gasteiger partial charge in [0.25, 0.3) is 0 Å². The first-order valence-electron chi connectivity index (χ1n) is 7.60. The summed E-state index contributed by atoms with van der Waals surface area (Å²) in [4.78, 5) is 13.8. The second kappa shape index (κ2) is 7.70. The molecule has 0 aromatic heterocycles. The van der Waals surface area contributed by atoms with Crippen LogP contribution in [-0.4, -0.2) is 41.1 Å². The summed E-state index contributed by atoms with van der Waals surface area (Å²) in [5, 5.41) is 13.2. The molecule has 1 amide bonds. The van der Waals surface area contributed by atoms with Gasteiger partial charge < -0.3 is 10.4 Å². The molecule has 0 bridgehead atoms. The van der Waals surface area contributed by atoms with Crippen molar-refractivity contribution in [2.75, 3.05) is 19.6 Å². The fourth-order valence-electron chi connectivity index (χ4n) is 2.32. The molecule has 1 aromatic carbocycles. The Labute approximate surface area is 132 Å². The van der Waals surface area contributed by atoms with Gasteiger partial charge >= 0.3 is 0 Å². The van der Waals surface area contributed by atoms with Gasteiger partial charge in [-0.05, 0) is 57.5 Å². The lowest BCUT2D eigenvalue weighted by atomic mass is 10.0. The molecule has 0 aliphatic carbocycles. The maximum atomic E-state index is 13.1. The van der Waals surface area contributed by atoms with Crippen molar-refractivity contribution in [1.29, 1.82) is 0 Å². The molecule has 0 fully saturated rings. The van der Waals surface area contributed by atoms with E-state index in [-0.39, 0.29) is 23.8 Å². The second-order valence-electron chi connectivity index (χ2n) is 6.64. The lowest BCUT2D eigenvalue weighted by molar-refractivity contribution is -0.123. The highest BCUT2D eigenvalue weighted by Crippen LogP contribution is 2.19. The van der Waals surface area contributed by atoms with Crippen LogP contribution >= 0.6 is 0 Å². The molecular formula is C17H27FN2O2. The highest BCUT2D eigenvalue weighted by Gasteiger charge is 2.19. The molecule has 0 saturated heterocycles. The maximum absolute atomic E-state index is 13.1. The molecule has 0 aliphatic rings. The van der Waals surface area contributed by atoms with Crippen LogP contribution in [0.2, 0.25) is 0 Å². The zero-order valence-electron chi connectivity index (χ0n) is 14.1. The van der Waals surface area contributed by atoms with Gasteiger partial charge in [0.05, 0.1) is 12.6 Å². The first kappa shape index (κ1) is 18.6. The zero-order valence-corrected chi connectivity index (χ0v) is 14.1. The Kier molecular flexibility index (Phi) is 6.50. The van der Waals surface area contributed by atoms with Gasteiger partial charge in [0.1, 0.15) is 5.82 Å². The molecular weight excluding hydrogens is 283 g/mol. The minimum absolute atomic E-state index is 0.0719. The molecule has 4 nitrogen and oxygen atoms in total. The number of carbonyl (C=O) groups excluding carboxylic acids is 1. The van der Waals surface area contributed by atoms with E-state index in [1.54, 1.807) is 13.0 Å². The topological polar surface area (TPSA) is 52.6 Å². The SMILES string of the molecule is CCN(CC(=O)NC(C)(C)C)CC(O)c1ccc(F)cc1C. The highest BCUT2D eigenvalue weighted by molar-refractivity contribution is 5.78. The van der Waals surface area contributed by atoms with E-state index >= 15 is 0 Å². The Bertz CT molecular complexity index is 512. The summed E-state index contributed by atoms with van der Waals surface area (Å²) in [6.07, 6.45) is -0.747. The van der Waals surface area contributed by atoms with Crippen LogP contribution in [0.5, 0.6) is 0 Å². The van der Waals surface area contributed by atoms with Crippen molar-refractivity contribution in [2.45, 2.75) is 46.3 Å². The van der Waals surface area contributed by atoms with Crippen LogP contribution < -0.4 is 5.32 Å². The van der Waals surface area contributed by atoms with Gasteiger partial charge in [-0.25, -0.2) is 4.39 Å². The quantitative estimate of drug-likeness (QED) is 0.848. The normalized spacial score (nSPS) is 13.3. The molecule has 22 heavy (non-hydrogen) atoms. The van der Waals surface area contributed by atoms with E-state index < -0.39 is 6.10 Å². The van der Waals surface area contributed by atoms with Crippen molar-refractivity contribution >= 4 is 5.91 Å². The Balaban J connectivity index is 2.67. The van der Waals surface area contributed by atoms with Crippen molar-refractivity contribution < 1.29 is 14.3 Å². The molecule has 5 heteroatoms. The number of rotatable bonds is 6. The number of aliphatic hydroxyl groups is 1. The molecule has 2 N–H and O–H groups in total. The molecule has 1 atom stereocenters. The Morgan fingerprint density at radius 2 is 2.05 bits per heavy atom. The minimum atomic E-state index is -0.747. The molecule has 0 radical (unpaired) electrons. The predicted octanol–water partition coefficient (Wildman–Crippen LogP) is 2.40. The van der Waals surface area contributed by atoms with Gasteiger partial charge in [0, 0.05) is 12.1 Å². The van der Waals surface area contributed by atoms with E-state index in [1.165, 1.54) is 12.1 Å². The second-order valence-corrected chi connectivity index (χ2v) is 6.64. The number of hydrogen-bond donors (Lipinski definition) is 2. The number of benzene rings is 1. The first-order chi connectivity index (χ1) is 10.1. The van der Waals surface area contributed by atoms with Crippen molar-refractivity contribution in [1.82, 2.24) is 10.2 Å². The fraction of sp³-hybridized carbons (Fsp3) is 0.588. The third-order valence-corrected chi connectivity index (χ3v) is 3.35. The van der Waals surface area contributed by atoms with E-state index in [9.17, 15) is 14.3 Å². The van der Waals surface area contributed by atoms with Gasteiger partial charge in [0.2, 0.25) is 5.91 Å².